The number of halogens is 1. The SMILES string of the molecule is Cc1c(-c2nc(Nc3ccc(N4CCN(C)CC4)cn3)ncc2F)sc2c1nc(C)n2C(C)C. The Labute approximate surface area is 202 Å². The zero-order chi connectivity index (χ0) is 24.0. The predicted molar refractivity (Wildman–Crippen MR) is 136 cm³/mol. The van der Waals surface area contributed by atoms with Gasteiger partial charge in [-0.2, -0.15) is 0 Å². The van der Waals surface area contributed by atoms with Crippen LogP contribution in [0.5, 0.6) is 0 Å². The van der Waals surface area contributed by atoms with Crippen LogP contribution in [-0.4, -0.2) is 62.6 Å². The maximum atomic E-state index is 14.8. The van der Waals surface area contributed by atoms with Crippen LogP contribution in [0.2, 0.25) is 0 Å². The third kappa shape index (κ3) is 4.12. The Hall–Kier alpha value is -3.11. The van der Waals surface area contributed by atoms with Gasteiger partial charge in [0.1, 0.15) is 27.7 Å². The number of thiophene rings is 1. The summed E-state index contributed by atoms with van der Waals surface area (Å²) in [7, 11) is 2.14. The molecule has 1 fully saturated rings. The van der Waals surface area contributed by atoms with Crippen molar-refractivity contribution >= 4 is 39.1 Å². The number of aryl methyl sites for hydroxylation is 2. The molecule has 4 aromatic rings. The third-order valence-corrected chi connectivity index (χ3v) is 7.56. The van der Waals surface area contributed by atoms with E-state index < -0.39 is 5.82 Å². The summed E-state index contributed by atoms with van der Waals surface area (Å²) in [5.74, 6) is 1.43. The molecule has 8 nitrogen and oxygen atoms in total. The first-order valence-corrected chi connectivity index (χ1v) is 12.3. The smallest absolute Gasteiger partial charge is 0.229 e. The highest BCUT2D eigenvalue weighted by Crippen LogP contribution is 2.39. The van der Waals surface area contributed by atoms with E-state index in [2.05, 4.69) is 55.5 Å². The van der Waals surface area contributed by atoms with Crippen molar-refractivity contribution in [3.05, 3.63) is 41.7 Å². The maximum absolute atomic E-state index is 14.8. The van der Waals surface area contributed by atoms with E-state index in [9.17, 15) is 4.39 Å². The minimum absolute atomic E-state index is 0.267. The lowest BCUT2D eigenvalue weighted by Gasteiger charge is -2.33. The number of fused-ring (bicyclic) bond motifs is 1. The second-order valence-corrected chi connectivity index (χ2v) is 10.0. The summed E-state index contributed by atoms with van der Waals surface area (Å²) in [6, 6.07) is 4.21. The first-order chi connectivity index (χ1) is 16.3. The van der Waals surface area contributed by atoms with E-state index in [1.165, 1.54) is 17.5 Å². The van der Waals surface area contributed by atoms with Gasteiger partial charge in [0.15, 0.2) is 5.82 Å². The summed E-state index contributed by atoms with van der Waals surface area (Å²) in [6.07, 6.45) is 3.06. The fourth-order valence-electron chi connectivity index (χ4n) is 4.39. The molecule has 0 aliphatic carbocycles. The third-order valence-electron chi connectivity index (χ3n) is 6.27. The molecule has 1 aliphatic rings. The molecule has 1 N–H and O–H groups in total. The van der Waals surface area contributed by atoms with Crippen LogP contribution in [0, 0.1) is 19.7 Å². The lowest BCUT2D eigenvalue weighted by molar-refractivity contribution is 0.313. The Morgan fingerprint density at radius 3 is 2.47 bits per heavy atom. The Bertz CT molecular complexity index is 1320. The number of nitrogens with one attached hydrogen (secondary N) is 1. The zero-order valence-corrected chi connectivity index (χ0v) is 20.9. The summed E-state index contributed by atoms with van der Waals surface area (Å²) >= 11 is 1.52. The van der Waals surface area contributed by atoms with E-state index in [0.717, 1.165) is 58.5 Å². The molecule has 4 aromatic heterocycles. The second kappa shape index (κ2) is 8.92. The standard InChI is InChI=1S/C24H29FN8S/c1-14(2)33-16(4)28-20-15(3)22(34-23(20)33)21-18(25)13-27-24(30-21)29-19-7-6-17(12-26-19)32-10-8-31(5)9-11-32/h6-7,12-14H,8-11H2,1-5H3,(H,26,27,29,30). The van der Waals surface area contributed by atoms with Crippen molar-refractivity contribution in [3.63, 3.8) is 0 Å². The van der Waals surface area contributed by atoms with Gasteiger partial charge in [-0.15, -0.1) is 11.3 Å². The molecule has 5 rings (SSSR count). The van der Waals surface area contributed by atoms with E-state index in [1.807, 2.05) is 32.2 Å². The monoisotopic (exact) mass is 480 g/mol. The molecule has 5 heterocycles. The number of nitrogens with zero attached hydrogens (tertiary/aromatic N) is 7. The molecule has 34 heavy (non-hydrogen) atoms. The average Bonchev–Trinajstić information content (AvgIpc) is 3.30. The van der Waals surface area contributed by atoms with Crippen LogP contribution in [0.1, 0.15) is 31.3 Å². The first-order valence-electron chi connectivity index (χ1n) is 11.5. The number of rotatable bonds is 5. The number of pyridine rings is 1. The van der Waals surface area contributed by atoms with E-state index in [0.29, 0.717) is 11.8 Å². The number of imidazole rings is 1. The lowest BCUT2D eigenvalue weighted by atomic mass is 10.2. The van der Waals surface area contributed by atoms with Crippen LogP contribution >= 0.6 is 11.3 Å². The molecule has 0 spiro atoms. The van der Waals surface area contributed by atoms with Crippen LogP contribution in [0.25, 0.3) is 20.9 Å². The Morgan fingerprint density at radius 2 is 1.79 bits per heavy atom. The molecular formula is C24H29FN8S. The van der Waals surface area contributed by atoms with Crippen molar-refractivity contribution in [3.8, 4) is 10.6 Å². The van der Waals surface area contributed by atoms with E-state index in [1.54, 1.807) is 0 Å². The van der Waals surface area contributed by atoms with Gasteiger partial charge in [-0.1, -0.05) is 0 Å². The summed E-state index contributed by atoms with van der Waals surface area (Å²) in [6.45, 7) is 12.3. The molecule has 0 unspecified atom stereocenters. The number of likely N-dealkylation sites (N-methyl/N-ethyl adjacent to an activating group) is 1. The fourth-order valence-corrected chi connectivity index (χ4v) is 5.81. The van der Waals surface area contributed by atoms with Crippen LogP contribution in [0.3, 0.4) is 0 Å². The van der Waals surface area contributed by atoms with Crippen LogP contribution < -0.4 is 10.2 Å². The second-order valence-electron chi connectivity index (χ2n) is 9.04. The normalized spacial score (nSPS) is 15.0. The molecule has 0 aromatic carbocycles. The van der Waals surface area contributed by atoms with Gasteiger partial charge in [-0.25, -0.2) is 24.3 Å². The van der Waals surface area contributed by atoms with Crippen LogP contribution in [0.4, 0.5) is 21.8 Å². The topological polar surface area (TPSA) is 75.0 Å². The summed E-state index contributed by atoms with van der Waals surface area (Å²) in [5, 5.41) is 3.12. The van der Waals surface area contributed by atoms with Gasteiger partial charge in [0.25, 0.3) is 0 Å². The molecule has 0 atom stereocenters. The van der Waals surface area contributed by atoms with Gasteiger partial charge < -0.3 is 19.7 Å². The highest BCUT2D eigenvalue weighted by molar-refractivity contribution is 7.22. The largest absolute Gasteiger partial charge is 0.368 e. The first kappa shape index (κ1) is 22.7. The summed E-state index contributed by atoms with van der Waals surface area (Å²) < 4.78 is 17.0. The fraction of sp³-hybridized carbons (Fsp3) is 0.417. The van der Waals surface area contributed by atoms with Gasteiger partial charge in [0.05, 0.1) is 23.0 Å². The number of anilines is 3. The Morgan fingerprint density at radius 1 is 1.03 bits per heavy atom. The minimum Gasteiger partial charge on any atom is -0.368 e. The van der Waals surface area contributed by atoms with Gasteiger partial charge in [0.2, 0.25) is 5.95 Å². The molecule has 0 bridgehead atoms. The van der Waals surface area contributed by atoms with Gasteiger partial charge in [-0.3, -0.25) is 0 Å². The van der Waals surface area contributed by atoms with Crippen molar-refractivity contribution in [2.24, 2.45) is 0 Å². The van der Waals surface area contributed by atoms with Crippen LogP contribution in [0.15, 0.2) is 24.5 Å². The molecular weight excluding hydrogens is 451 g/mol. The zero-order valence-electron chi connectivity index (χ0n) is 20.1. The van der Waals surface area contributed by atoms with E-state index >= 15 is 0 Å². The number of hydrogen-bond acceptors (Lipinski definition) is 8. The number of aromatic nitrogens is 5. The van der Waals surface area contributed by atoms with Crippen molar-refractivity contribution < 1.29 is 4.39 Å². The summed E-state index contributed by atoms with van der Waals surface area (Å²) in [4.78, 5) is 24.4. The minimum atomic E-state index is -0.455. The average molecular weight is 481 g/mol. The van der Waals surface area contributed by atoms with Gasteiger partial charge >= 0.3 is 0 Å². The lowest BCUT2D eigenvalue weighted by Crippen LogP contribution is -2.44. The molecule has 0 saturated carbocycles. The highest BCUT2D eigenvalue weighted by atomic mass is 32.1. The molecule has 1 saturated heterocycles. The van der Waals surface area contributed by atoms with Crippen LogP contribution in [-0.2, 0) is 0 Å². The van der Waals surface area contributed by atoms with Gasteiger partial charge in [0, 0.05) is 32.2 Å². The number of hydrogen-bond donors (Lipinski definition) is 1. The maximum Gasteiger partial charge on any atom is 0.229 e. The number of piperazine rings is 1. The quantitative estimate of drug-likeness (QED) is 0.440. The van der Waals surface area contributed by atoms with Gasteiger partial charge in [-0.05, 0) is 52.4 Å². The Balaban J connectivity index is 1.41. The van der Waals surface area contributed by atoms with Crippen molar-refractivity contribution in [2.45, 2.75) is 33.7 Å². The van der Waals surface area contributed by atoms with E-state index in [4.69, 9.17) is 4.98 Å². The molecule has 1 aliphatic heterocycles. The molecule has 10 heteroatoms. The molecule has 0 amide bonds. The van der Waals surface area contributed by atoms with E-state index in [-0.39, 0.29) is 11.7 Å². The predicted octanol–water partition coefficient (Wildman–Crippen LogP) is 4.78. The highest BCUT2D eigenvalue weighted by Gasteiger charge is 2.22. The summed E-state index contributed by atoms with van der Waals surface area (Å²) in [5.41, 5.74) is 3.20. The van der Waals surface area contributed by atoms with Crippen molar-refractivity contribution in [1.82, 2.24) is 29.4 Å². The molecule has 0 radical (unpaired) electrons. The Kier molecular flexibility index (Phi) is 5.95. The van der Waals surface area contributed by atoms with Crippen molar-refractivity contribution in [1.29, 1.82) is 0 Å². The van der Waals surface area contributed by atoms with Crippen molar-refractivity contribution in [2.75, 3.05) is 43.4 Å². The molecule has 178 valence electrons.